The van der Waals surface area contributed by atoms with E-state index >= 15 is 0 Å². The Kier molecular flexibility index (Phi) is 5.32. The van der Waals surface area contributed by atoms with Crippen molar-refractivity contribution in [3.63, 3.8) is 0 Å². The van der Waals surface area contributed by atoms with Crippen molar-refractivity contribution in [1.29, 1.82) is 0 Å². The highest BCUT2D eigenvalue weighted by atomic mass is 16.5. The topological polar surface area (TPSA) is 107 Å². The molecule has 19 heavy (non-hydrogen) atoms. The zero-order chi connectivity index (χ0) is 14.4. The van der Waals surface area contributed by atoms with Crippen molar-refractivity contribution in [3.05, 3.63) is 29.8 Å². The molecule has 5 N–H and O–H groups in total. The van der Waals surface area contributed by atoms with E-state index in [1.807, 2.05) is 12.1 Å². The van der Waals surface area contributed by atoms with Crippen LogP contribution in [0.3, 0.4) is 0 Å². The summed E-state index contributed by atoms with van der Waals surface area (Å²) in [5, 5.41) is 2.46. The largest absolute Gasteiger partial charge is 0.497 e. The van der Waals surface area contributed by atoms with Crippen LogP contribution in [0.25, 0.3) is 0 Å². The number of amides is 2. The van der Waals surface area contributed by atoms with Crippen LogP contribution in [0.2, 0.25) is 0 Å². The Bertz CT molecular complexity index is 445. The monoisotopic (exact) mass is 265 g/mol. The minimum Gasteiger partial charge on any atom is -0.497 e. The van der Waals surface area contributed by atoms with E-state index < -0.39 is 23.9 Å². The molecule has 0 aliphatic carbocycles. The standard InChI is InChI=1S/C13H19N3O3/c1-8(12(15)17)16-13(18)11(14)7-9-3-5-10(19-2)6-4-9/h3-6,8,11H,7,14H2,1-2H3,(H2,15,17)(H,16,18)/t8-,11+/m0/s1. The van der Waals surface area contributed by atoms with Crippen LogP contribution in [0, 0.1) is 0 Å². The molecule has 104 valence electrons. The third kappa shape index (κ3) is 4.59. The first-order valence-electron chi connectivity index (χ1n) is 5.92. The highest BCUT2D eigenvalue weighted by molar-refractivity contribution is 5.88. The molecule has 0 saturated heterocycles. The summed E-state index contributed by atoms with van der Waals surface area (Å²) in [5.74, 6) is -0.253. The van der Waals surface area contributed by atoms with Gasteiger partial charge in [0.15, 0.2) is 0 Å². The summed E-state index contributed by atoms with van der Waals surface area (Å²) < 4.78 is 5.04. The van der Waals surface area contributed by atoms with Crippen LogP contribution < -0.4 is 21.5 Å². The molecule has 0 heterocycles. The second kappa shape index (κ2) is 6.75. The summed E-state index contributed by atoms with van der Waals surface area (Å²) in [5.41, 5.74) is 11.7. The summed E-state index contributed by atoms with van der Waals surface area (Å²) in [7, 11) is 1.58. The number of nitrogens with one attached hydrogen (secondary N) is 1. The van der Waals surface area contributed by atoms with E-state index in [1.165, 1.54) is 6.92 Å². The number of rotatable bonds is 6. The molecule has 0 aliphatic heterocycles. The van der Waals surface area contributed by atoms with Gasteiger partial charge in [-0.05, 0) is 31.0 Å². The predicted molar refractivity (Wildman–Crippen MR) is 71.5 cm³/mol. The van der Waals surface area contributed by atoms with E-state index in [2.05, 4.69) is 5.32 Å². The Morgan fingerprint density at radius 1 is 1.32 bits per heavy atom. The summed E-state index contributed by atoms with van der Waals surface area (Å²) in [6, 6.07) is 5.81. The summed E-state index contributed by atoms with van der Waals surface area (Å²) >= 11 is 0. The van der Waals surface area contributed by atoms with E-state index in [-0.39, 0.29) is 0 Å². The Labute approximate surface area is 112 Å². The van der Waals surface area contributed by atoms with Gasteiger partial charge in [-0.15, -0.1) is 0 Å². The maximum absolute atomic E-state index is 11.7. The van der Waals surface area contributed by atoms with Gasteiger partial charge < -0.3 is 21.5 Å². The van der Waals surface area contributed by atoms with Crippen molar-refractivity contribution >= 4 is 11.8 Å². The minimum absolute atomic E-state index is 0.376. The lowest BCUT2D eigenvalue weighted by Gasteiger charge is -2.15. The quantitative estimate of drug-likeness (QED) is 0.647. The molecule has 0 spiro atoms. The SMILES string of the molecule is COc1ccc(C[C@@H](N)C(=O)N[C@@H](C)C(N)=O)cc1. The van der Waals surface area contributed by atoms with Crippen LogP contribution in [-0.2, 0) is 16.0 Å². The molecule has 1 rings (SSSR count). The lowest BCUT2D eigenvalue weighted by Crippen LogP contribution is -2.49. The van der Waals surface area contributed by atoms with Gasteiger partial charge >= 0.3 is 0 Å². The molecule has 0 fully saturated rings. The number of carbonyl (C=O) groups is 2. The molecular weight excluding hydrogens is 246 g/mol. The molecule has 1 aromatic rings. The van der Waals surface area contributed by atoms with Crippen LogP contribution in [0.15, 0.2) is 24.3 Å². The fourth-order valence-electron chi connectivity index (χ4n) is 1.50. The average molecular weight is 265 g/mol. The number of nitrogens with two attached hydrogens (primary N) is 2. The third-order valence-electron chi connectivity index (χ3n) is 2.74. The summed E-state index contributed by atoms with van der Waals surface area (Å²) in [4.78, 5) is 22.6. The first-order chi connectivity index (χ1) is 8.93. The van der Waals surface area contributed by atoms with Gasteiger partial charge in [0, 0.05) is 0 Å². The number of hydrogen-bond donors (Lipinski definition) is 3. The molecule has 0 aliphatic rings. The number of carbonyl (C=O) groups excluding carboxylic acids is 2. The molecule has 0 radical (unpaired) electrons. The van der Waals surface area contributed by atoms with Gasteiger partial charge in [-0.3, -0.25) is 9.59 Å². The molecule has 2 atom stereocenters. The van der Waals surface area contributed by atoms with Gasteiger partial charge in [-0.2, -0.15) is 0 Å². The normalized spacial score (nSPS) is 13.4. The molecule has 2 amide bonds. The zero-order valence-electron chi connectivity index (χ0n) is 11.1. The van der Waals surface area contributed by atoms with E-state index in [0.29, 0.717) is 6.42 Å². The van der Waals surface area contributed by atoms with Gasteiger partial charge in [-0.1, -0.05) is 12.1 Å². The minimum atomic E-state index is -0.727. The second-order valence-corrected chi connectivity index (χ2v) is 4.29. The smallest absolute Gasteiger partial charge is 0.239 e. The number of benzene rings is 1. The molecule has 0 aromatic heterocycles. The van der Waals surface area contributed by atoms with Gasteiger partial charge in [-0.25, -0.2) is 0 Å². The lowest BCUT2D eigenvalue weighted by molar-refractivity contribution is -0.127. The van der Waals surface area contributed by atoms with Gasteiger partial charge in [0.25, 0.3) is 0 Å². The number of methoxy groups -OCH3 is 1. The fourth-order valence-corrected chi connectivity index (χ4v) is 1.50. The van der Waals surface area contributed by atoms with E-state index in [9.17, 15) is 9.59 Å². The van der Waals surface area contributed by atoms with E-state index in [4.69, 9.17) is 16.2 Å². The highest BCUT2D eigenvalue weighted by Gasteiger charge is 2.18. The Morgan fingerprint density at radius 3 is 2.37 bits per heavy atom. The van der Waals surface area contributed by atoms with Crippen molar-refractivity contribution in [2.75, 3.05) is 7.11 Å². The number of ether oxygens (including phenoxy) is 1. The van der Waals surface area contributed by atoms with Gasteiger partial charge in [0.05, 0.1) is 13.2 Å². The molecule has 6 nitrogen and oxygen atoms in total. The van der Waals surface area contributed by atoms with Crippen LogP contribution >= 0.6 is 0 Å². The summed E-state index contributed by atoms with van der Waals surface area (Å²) in [6.07, 6.45) is 0.376. The number of hydrogen-bond acceptors (Lipinski definition) is 4. The Balaban J connectivity index is 2.55. The first-order valence-corrected chi connectivity index (χ1v) is 5.92. The van der Waals surface area contributed by atoms with Gasteiger partial charge in [0.2, 0.25) is 11.8 Å². The molecule has 6 heteroatoms. The summed E-state index contributed by atoms with van der Waals surface area (Å²) in [6.45, 7) is 1.51. The molecular formula is C13H19N3O3. The highest BCUT2D eigenvalue weighted by Crippen LogP contribution is 2.12. The van der Waals surface area contributed by atoms with E-state index in [1.54, 1.807) is 19.2 Å². The van der Waals surface area contributed by atoms with Crippen molar-refractivity contribution in [2.24, 2.45) is 11.5 Å². The van der Waals surface area contributed by atoms with Crippen LogP contribution in [0.4, 0.5) is 0 Å². The van der Waals surface area contributed by atoms with Crippen LogP contribution in [0.1, 0.15) is 12.5 Å². The molecule has 0 unspecified atom stereocenters. The third-order valence-corrected chi connectivity index (χ3v) is 2.74. The van der Waals surface area contributed by atoms with Crippen LogP contribution in [0.5, 0.6) is 5.75 Å². The zero-order valence-corrected chi connectivity index (χ0v) is 11.1. The first kappa shape index (κ1) is 15.0. The van der Waals surface area contributed by atoms with Crippen LogP contribution in [-0.4, -0.2) is 31.0 Å². The Hall–Kier alpha value is -2.08. The van der Waals surface area contributed by atoms with Crippen molar-refractivity contribution < 1.29 is 14.3 Å². The Morgan fingerprint density at radius 2 is 1.89 bits per heavy atom. The maximum atomic E-state index is 11.7. The second-order valence-electron chi connectivity index (χ2n) is 4.29. The van der Waals surface area contributed by atoms with Crippen molar-refractivity contribution in [2.45, 2.75) is 25.4 Å². The van der Waals surface area contributed by atoms with E-state index in [0.717, 1.165) is 11.3 Å². The average Bonchev–Trinajstić information content (AvgIpc) is 2.39. The number of primary amides is 1. The molecule has 1 aromatic carbocycles. The molecule has 0 bridgehead atoms. The van der Waals surface area contributed by atoms with Crippen molar-refractivity contribution in [1.82, 2.24) is 5.32 Å². The fraction of sp³-hybridized carbons (Fsp3) is 0.385. The van der Waals surface area contributed by atoms with Gasteiger partial charge in [0.1, 0.15) is 11.8 Å². The predicted octanol–water partition coefficient (Wildman–Crippen LogP) is -0.445. The molecule has 0 saturated carbocycles. The lowest BCUT2D eigenvalue weighted by atomic mass is 10.1. The maximum Gasteiger partial charge on any atom is 0.239 e. The van der Waals surface area contributed by atoms with Crippen molar-refractivity contribution in [3.8, 4) is 5.75 Å².